The van der Waals surface area contributed by atoms with Crippen LogP contribution in [0.2, 0.25) is 0 Å². The third-order valence-corrected chi connectivity index (χ3v) is 2.75. The number of hydrogen-bond acceptors (Lipinski definition) is 4. The van der Waals surface area contributed by atoms with Crippen LogP contribution in [0.5, 0.6) is 0 Å². The fourth-order valence-electron chi connectivity index (χ4n) is 1.79. The van der Waals surface area contributed by atoms with Crippen molar-refractivity contribution in [3.8, 4) is 0 Å². The van der Waals surface area contributed by atoms with Crippen LogP contribution in [0.3, 0.4) is 0 Å². The zero-order valence-corrected chi connectivity index (χ0v) is 11.0. The third kappa shape index (κ3) is 3.34. The van der Waals surface area contributed by atoms with Crippen molar-refractivity contribution in [2.24, 2.45) is 0 Å². The quantitative estimate of drug-likeness (QED) is 0.810. The van der Waals surface area contributed by atoms with Crippen LogP contribution in [0, 0.1) is 0 Å². The topological polar surface area (TPSA) is 67.0 Å². The second kappa shape index (κ2) is 6.04. The molecule has 0 amide bonds. The summed E-state index contributed by atoms with van der Waals surface area (Å²) in [6.07, 6.45) is 1.71. The van der Waals surface area contributed by atoms with E-state index in [0.29, 0.717) is 12.2 Å². The maximum atomic E-state index is 11.6. The van der Waals surface area contributed by atoms with E-state index in [4.69, 9.17) is 4.74 Å². The fourth-order valence-corrected chi connectivity index (χ4v) is 1.79. The number of aromatic amines is 1. The second-order valence-electron chi connectivity index (χ2n) is 4.18. The van der Waals surface area contributed by atoms with Crippen molar-refractivity contribution in [3.63, 3.8) is 0 Å². The monoisotopic (exact) mass is 259 g/mol. The molecule has 0 radical (unpaired) electrons. The predicted molar refractivity (Wildman–Crippen MR) is 73.0 cm³/mol. The lowest BCUT2D eigenvalue weighted by Crippen LogP contribution is -2.09. The number of hydrogen-bond donors (Lipinski definition) is 2. The molecule has 0 aliphatic heterocycles. The molecule has 1 aromatic carbocycles. The van der Waals surface area contributed by atoms with Gasteiger partial charge in [0, 0.05) is 11.9 Å². The first kappa shape index (κ1) is 13.1. The van der Waals surface area contributed by atoms with Gasteiger partial charge in [-0.1, -0.05) is 6.07 Å². The lowest BCUT2D eigenvalue weighted by atomic mass is 10.1. The number of nitrogens with zero attached hydrogens (tertiary/aromatic N) is 1. The summed E-state index contributed by atoms with van der Waals surface area (Å²) in [6, 6.07) is 9.26. The van der Waals surface area contributed by atoms with Gasteiger partial charge in [-0.05, 0) is 38.1 Å². The minimum Gasteiger partial charge on any atom is -0.462 e. The molecule has 0 saturated heterocycles. The van der Waals surface area contributed by atoms with Crippen molar-refractivity contribution in [2.75, 3.05) is 11.9 Å². The van der Waals surface area contributed by atoms with Crippen LogP contribution in [-0.2, 0) is 4.74 Å². The molecule has 0 aliphatic rings. The van der Waals surface area contributed by atoms with Crippen LogP contribution in [0.15, 0.2) is 36.5 Å². The molecule has 1 atom stereocenters. The normalized spacial score (nSPS) is 11.9. The van der Waals surface area contributed by atoms with Crippen molar-refractivity contribution in [2.45, 2.75) is 19.9 Å². The molecule has 2 aromatic rings. The molecule has 5 nitrogen and oxygen atoms in total. The minimum atomic E-state index is -0.305. The zero-order valence-electron chi connectivity index (χ0n) is 11.0. The van der Waals surface area contributed by atoms with Gasteiger partial charge in [-0.25, -0.2) is 4.79 Å². The van der Waals surface area contributed by atoms with Crippen LogP contribution in [-0.4, -0.2) is 22.8 Å². The summed E-state index contributed by atoms with van der Waals surface area (Å²) in [5.74, 6) is -0.305. The minimum absolute atomic E-state index is 0.0833. The van der Waals surface area contributed by atoms with Crippen LogP contribution in [0.1, 0.15) is 35.9 Å². The van der Waals surface area contributed by atoms with Gasteiger partial charge in [0.2, 0.25) is 0 Å². The van der Waals surface area contributed by atoms with E-state index in [1.54, 1.807) is 25.3 Å². The molecule has 0 spiro atoms. The van der Waals surface area contributed by atoms with E-state index in [1.807, 2.05) is 25.1 Å². The van der Waals surface area contributed by atoms with E-state index < -0.39 is 0 Å². The number of ether oxygens (including phenoxy) is 1. The van der Waals surface area contributed by atoms with Gasteiger partial charge in [-0.15, -0.1) is 0 Å². The average molecular weight is 259 g/mol. The first-order valence-electron chi connectivity index (χ1n) is 6.23. The van der Waals surface area contributed by atoms with E-state index in [9.17, 15) is 4.79 Å². The molecule has 5 heteroatoms. The lowest BCUT2D eigenvalue weighted by Gasteiger charge is -2.14. The Morgan fingerprint density at radius 2 is 2.32 bits per heavy atom. The van der Waals surface area contributed by atoms with Crippen LogP contribution >= 0.6 is 0 Å². The second-order valence-corrected chi connectivity index (χ2v) is 4.18. The summed E-state index contributed by atoms with van der Waals surface area (Å²) >= 11 is 0. The van der Waals surface area contributed by atoms with Gasteiger partial charge in [0.25, 0.3) is 0 Å². The lowest BCUT2D eigenvalue weighted by molar-refractivity contribution is 0.0526. The molecular weight excluding hydrogens is 242 g/mol. The third-order valence-electron chi connectivity index (χ3n) is 2.75. The van der Waals surface area contributed by atoms with Crippen molar-refractivity contribution in [1.82, 2.24) is 10.2 Å². The highest BCUT2D eigenvalue weighted by atomic mass is 16.5. The van der Waals surface area contributed by atoms with E-state index in [0.717, 1.165) is 11.4 Å². The number of rotatable bonds is 5. The number of esters is 1. The van der Waals surface area contributed by atoms with Gasteiger partial charge < -0.3 is 10.1 Å². The summed E-state index contributed by atoms with van der Waals surface area (Å²) in [6.45, 7) is 4.19. The Kier molecular flexibility index (Phi) is 4.18. The van der Waals surface area contributed by atoms with Gasteiger partial charge in [0.15, 0.2) is 0 Å². The van der Waals surface area contributed by atoms with Gasteiger partial charge in [0.05, 0.1) is 23.9 Å². The number of carbonyl (C=O) groups is 1. The number of H-pyrrole nitrogens is 1. The standard InChI is InChI=1S/C14H17N3O2/c1-3-19-14(18)11-5-4-6-12(9-11)16-10(2)13-7-8-15-17-13/h4-10,16H,3H2,1-2H3,(H,15,17). The molecular formula is C14H17N3O2. The van der Waals surface area contributed by atoms with Crippen LogP contribution in [0.4, 0.5) is 5.69 Å². The molecule has 2 N–H and O–H groups in total. The SMILES string of the molecule is CCOC(=O)c1cccc(NC(C)c2ccn[nH]2)c1. The highest BCUT2D eigenvalue weighted by Gasteiger charge is 2.09. The first-order chi connectivity index (χ1) is 9.20. The fraction of sp³-hybridized carbons (Fsp3) is 0.286. The Balaban J connectivity index is 2.09. The number of nitrogens with one attached hydrogen (secondary N) is 2. The van der Waals surface area contributed by atoms with E-state index >= 15 is 0 Å². The van der Waals surface area contributed by atoms with Crippen molar-refractivity contribution in [1.29, 1.82) is 0 Å². The maximum Gasteiger partial charge on any atom is 0.338 e. The Labute approximate surface area is 112 Å². The van der Waals surface area contributed by atoms with Crippen molar-refractivity contribution in [3.05, 3.63) is 47.8 Å². The summed E-state index contributed by atoms with van der Waals surface area (Å²) in [5.41, 5.74) is 2.40. The predicted octanol–water partition coefficient (Wildman–Crippen LogP) is 2.76. The summed E-state index contributed by atoms with van der Waals surface area (Å²) in [5, 5.41) is 10.1. The molecule has 0 bridgehead atoms. The molecule has 1 aromatic heterocycles. The van der Waals surface area contributed by atoms with E-state index in [-0.39, 0.29) is 12.0 Å². The number of aromatic nitrogens is 2. The van der Waals surface area contributed by atoms with Crippen LogP contribution < -0.4 is 5.32 Å². The van der Waals surface area contributed by atoms with Gasteiger partial charge in [-0.3, -0.25) is 5.10 Å². The first-order valence-corrected chi connectivity index (χ1v) is 6.23. The Morgan fingerprint density at radius 1 is 1.47 bits per heavy atom. The summed E-state index contributed by atoms with van der Waals surface area (Å²) < 4.78 is 4.98. The van der Waals surface area contributed by atoms with Crippen LogP contribution in [0.25, 0.3) is 0 Å². The number of carbonyl (C=O) groups excluding carboxylic acids is 1. The van der Waals surface area contributed by atoms with Gasteiger partial charge >= 0.3 is 5.97 Å². The number of benzene rings is 1. The van der Waals surface area contributed by atoms with E-state index in [1.165, 1.54) is 0 Å². The van der Waals surface area contributed by atoms with Gasteiger partial charge in [-0.2, -0.15) is 5.10 Å². The molecule has 0 fully saturated rings. The highest BCUT2D eigenvalue weighted by molar-refractivity contribution is 5.90. The summed E-state index contributed by atoms with van der Waals surface area (Å²) in [4.78, 5) is 11.6. The molecule has 1 unspecified atom stereocenters. The zero-order chi connectivity index (χ0) is 13.7. The van der Waals surface area contributed by atoms with Gasteiger partial charge in [0.1, 0.15) is 0 Å². The smallest absolute Gasteiger partial charge is 0.338 e. The highest BCUT2D eigenvalue weighted by Crippen LogP contribution is 2.18. The molecule has 0 aliphatic carbocycles. The largest absolute Gasteiger partial charge is 0.462 e. The molecule has 19 heavy (non-hydrogen) atoms. The van der Waals surface area contributed by atoms with E-state index in [2.05, 4.69) is 15.5 Å². The Hall–Kier alpha value is -2.30. The Bertz CT molecular complexity index is 537. The van der Waals surface area contributed by atoms with Crippen molar-refractivity contribution < 1.29 is 9.53 Å². The molecule has 100 valence electrons. The number of anilines is 1. The molecule has 1 heterocycles. The molecule has 2 rings (SSSR count). The van der Waals surface area contributed by atoms with Crippen molar-refractivity contribution >= 4 is 11.7 Å². The molecule has 0 saturated carbocycles. The average Bonchev–Trinajstić information content (AvgIpc) is 2.93. The maximum absolute atomic E-state index is 11.6. The summed E-state index contributed by atoms with van der Waals surface area (Å²) in [7, 11) is 0. The Morgan fingerprint density at radius 3 is 3.00 bits per heavy atom.